The van der Waals surface area contributed by atoms with Crippen LogP contribution in [0.2, 0.25) is 0 Å². The maximum atomic E-state index is 14.3. The molecule has 1 aromatic carbocycles. The Bertz CT molecular complexity index is 1730. The number of unbranched alkanes of at least 4 members (excludes halogenated alkanes) is 3. The number of carbonyl (C=O) groups excluding carboxylic acids is 7. The SMILES string of the molecule is CCCCCC[C@@H](C=O)NC(=O)[C@H](CC(C)C)NC(=O)[C@@H](NC(=O)[C@H](Cc1ccccc1C)NC(=O)[C@H](CCC(=O)O)NC(=O)[C@H](CC(=O)O)NC(=O)CCC(=O)O)C(C)(C)C. The minimum Gasteiger partial charge on any atom is -0.481 e. The van der Waals surface area contributed by atoms with Gasteiger partial charge < -0.3 is 52.0 Å². The fraction of sp³-hybridized carbons (Fsp3) is 0.628. The number of benzene rings is 1. The van der Waals surface area contributed by atoms with E-state index in [1.165, 1.54) is 0 Å². The van der Waals surface area contributed by atoms with Crippen LogP contribution >= 0.6 is 0 Å². The molecule has 0 aliphatic heterocycles. The first-order chi connectivity index (χ1) is 29.0. The summed E-state index contributed by atoms with van der Waals surface area (Å²) >= 11 is 0. The number of nitrogens with one attached hydrogen (secondary N) is 6. The van der Waals surface area contributed by atoms with E-state index < -0.39 is 127 Å². The fourth-order valence-corrected chi connectivity index (χ4v) is 6.35. The van der Waals surface area contributed by atoms with Gasteiger partial charge in [0.25, 0.3) is 0 Å². The minimum atomic E-state index is -1.79. The molecule has 19 heteroatoms. The molecule has 0 aliphatic carbocycles. The smallest absolute Gasteiger partial charge is 0.305 e. The third-order valence-electron chi connectivity index (χ3n) is 9.81. The van der Waals surface area contributed by atoms with Gasteiger partial charge in [-0.25, -0.2) is 0 Å². The summed E-state index contributed by atoms with van der Waals surface area (Å²) in [6.07, 6.45) is 1.38. The molecule has 1 rings (SSSR count). The number of amides is 6. The van der Waals surface area contributed by atoms with Gasteiger partial charge in [0, 0.05) is 19.3 Å². The van der Waals surface area contributed by atoms with Crippen molar-refractivity contribution >= 4 is 59.6 Å². The van der Waals surface area contributed by atoms with Gasteiger partial charge in [-0.1, -0.05) is 91.5 Å². The van der Waals surface area contributed by atoms with E-state index >= 15 is 0 Å². The number of rotatable bonds is 29. The molecule has 0 heterocycles. The maximum Gasteiger partial charge on any atom is 0.305 e. The van der Waals surface area contributed by atoms with Crippen LogP contribution in [0.4, 0.5) is 0 Å². The summed E-state index contributed by atoms with van der Waals surface area (Å²) in [6, 6.07) is -1.13. The number of carboxylic acids is 3. The van der Waals surface area contributed by atoms with Crippen LogP contribution in [0.1, 0.15) is 123 Å². The second kappa shape index (κ2) is 27.1. The summed E-state index contributed by atoms with van der Waals surface area (Å²) in [5.74, 6) is -9.62. The van der Waals surface area contributed by atoms with Gasteiger partial charge in [-0.2, -0.15) is 0 Å². The van der Waals surface area contributed by atoms with E-state index in [-0.39, 0.29) is 18.8 Å². The summed E-state index contributed by atoms with van der Waals surface area (Å²) in [5.41, 5.74) is 0.360. The Morgan fingerprint density at radius 3 is 1.74 bits per heavy atom. The summed E-state index contributed by atoms with van der Waals surface area (Å²) in [5, 5.41) is 42.9. The second-order valence-electron chi connectivity index (χ2n) is 16.9. The topological polar surface area (TPSA) is 304 Å². The van der Waals surface area contributed by atoms with Gasteiger partial charge in [0.2, 0.25) is 35.4 Å². The molecular weight excluding hydrogens is 809 g/mol. The molecule has 0 unspecified atom stereocenters. The molecule has 6 amide bonds. The quantitative estimate of drug-likeness (QED) is 0.0411. The van der Waals surface area contributed by atoms with Crippen LogP contribution < -0.4 is 31.9 Å². The monoisotopic (exact) mass is 874 g/mol. The van der Waals surface area contributed by atoms with Gasteiger partial charge in [0.15, 0.2) is 0 Å². The van der Waals surface area contributed by atoms with Gasteiger partial charge >= 0.3 is 17.9 Å². The normalized spacial score (nSPS) is 14.1. The predicted octanol–water partition coefficient (Wildman–Crippen LogP) is 1.91. The van der Waals surface area contributed by atoms with E-state index in [4.69, 9.17) is 5.11 Å². The van der Waals surface area contributed by atoms with Gasteiger partial charge in [-0.3, -0.25) is 43.2 Å². The van der Waals surface area contributed by atoms with E-state index in [0.717, 1.165) is 31.2 Å². The highest BCUT2D eigenvalue weighted by atomic mass is 16.4. The molecular formula is C43H66N6O13. The van der Waals surface area contributed by atoms with E-state index in [9.17, 15) is 58.2 Å². The lowest BCUT2D eigenvalue weighted by Gasteiger charge is -2.34. The van der Waals surface area contributed by atoms with E-state index in [2.05, 4.69) is 38.8 Å². The van der Waals surface area contributed by atoms with Crippen molar-refractivity contribution in [1.29, 1.82) is 0 Å². The minimum absolute atomic E-state index is 0.0659. The van der Waals surface area contributed by atoms with Crippen molar-refractivity contribution in [1.82, 2.24) is 31.9 Å². The molecule has 1 aromatic rings. The lowest BCUT2D eigenvalue weighted by Crippen LogP contribution is -2.62. The molecule has 0 fully saturated rings. The Morgan fingerprint density at radius 1 is 0.629 bits per heavy atom. The molecule has 346 valence electrons. The first-order valence-corrected chi connectivity index (χ1v) is 20.9. The van der Waals surface area contributed by atoms with Crippen LogP contribution in [0.25, 0.3) is 0 Å². The molecule has 0 aliphatic rings. The van der Waals surface area contributed by atoms with Crippen LogP contribution in [-0.2, 0) is 54.4 Å². The lowest BCUT2D eigenvalue weighted by atomic mass is 9.85. The van der Waals surface area contributed by atoms with Crippen molar-refractivity contribution in [3.8, 4) is 0 Å². The van der Waals surface area contributed by atoms with Crippen LogP contribution in [0.5, 0.6) is 0 Å². The molecule has 62 heavy (non-hydrogen) atoms. The van der Waals surface area contributed by atoms with Crippen LogP contribution in [0.15, 0.2) is 24.3 Å². The average molecular weight is 875 g/mol. The molecule has 0 saturated heterocycles. The molecule has 0 radical (unpaired) electrons. The van der Waals surface area contributed by atoms with Crippen molar-refractivity contribution in [2.75, 3.05) is 0 Å². The second-order valence-corrected chi connectivity index (χ2v) is 16.9. The fourth-order valence-electron chi connectivity index (χ4n) is 6.35. The van der Waals surface area contributed by atoms with Crippen molar-refractivity contribution in [2.45, 2.75) is 162 Å². The first kappa shape index (κ1) is 54.1. The summed E-state index contributed by atoms with van der Waals surface area (Å²) < 4.78 is 0. The molecule has 6 atom stereocenters. The van der Waals surface area contributed by atoms with Crippen LogP contribution in [0, 0.1) is 18.3 Å². The number of aldehydes is 1. The highest BCUT2D eigenvalue weighted by Crippen LogP contribution is 2.21. The number of aryl methyl sites for hydroxylation is 1. The summed E-state index contributed by atoms with van der Waals surface area (Å²) in [7, 11) is 0. The van der Waals surface area contributed by atoms with Crippen molar-refractivity contribution in [3.05, 3.63) is 35.4 Å². The Labute approximate surface area is 362 Å². The summed E-state index contributed by atoms with van der Waals surface area (Å²) in [4.78, 5) is 127. The van der Waals surface area contributed by atoms with E-state index in [1.807, 2.05) is 13.8 Å². The molecule has 9 N–H and O–H groups in total. The number of carbonyl (C=O) groups is 10. The highest BCUT2D eigenvalue weighted by Gasteiger charge is 2.38. The zero-order valence-corrected chi connectivity index (χ0v) is 36.8. The average Bonchev–Trinajstić information content (AvgIpc) is 3.17. The standard InChI is InChI=1S/C43H66N6O13/c1-8-9-10-11-16-28(24-50)44-39(59)30(21-25(2)3)48-42(62)37(43(5,6)7)49-41(61)31(22-27-15-13-12-14-26(27)4)47-38(58)29(17-19-34(52)53)46-40(60)32(23-36(56)57)45-33(51)18-20-35(54)55/h12-15,24-25,28-32,37H,8-11,16-23H2,1-7H3,(H,44,59)(H,45,51)(H,46,60)(H,47,58)(H,48,62)(H,49,61)(H,52,53)(H,54,55)(H,56,57)/t28-,29-,30-,31-,32-,37+/m0/s1. The molecule has 0 bridgehead atoms. The number of hydrogen-bond donors (Lipinski definition) is 9. The Morgan fingerprint density at radius 2 is 1.19 bits per heavy atom. The van der Waals surface area contributed by atoms with Crippen LogP contribution in [-0.4, -0.2) is 111 Å². The predicted molar refractivity (Wildman–Crippen MR) is 226 cm³/mol. The van der Waals surface area contributed by atoms with Crippen molar-refractivity contribution in [3.63, 3.8) is 0 Å². The van der Waals surface area contributed by atoms with Crippen molar-refractivity contribution < 1.29 is 63.3 Å². The Kier molecular flexibility index (Phi) is 23.7. The number of hydrogen-bond acceptors (Lipinski definition) is 10. The molecule has 19 nitrogen and oxygen atoms in total. The number of carboxylic acid groups (broad SMARTS) is 3. The zero-order valence-electron chi connectivity index (χ0n) is 36.8. The van der Waals surface area contributed by atoms with Gasteiger partial charge in [0.05, 0.1) is 18.9 Å². The van der Waals surface area contributed by atoms with Crippen LogP contribution in [0.3, 0.4) is 0 Å². The molecule has 0 aromatic heterocycles. The molecule has 0 saturated carbocycles. The van der Waals surface area contributed by atoms with Crippen molar-refractivity contribution in [2.24, 2.45) is 11.3 Å². The van der Waals surface area contributed by atoms with Gasteiger partial charge in [-0.15, -0.1) is 0 Å². The Hall–Kier alpha value is -5.88. The van der Waals surface area contributed by atoms with E-state index in [1.54, 1.807) is 52.0 Å². The summed E-state index contributed by atoms with van der Waals surface area (Å²) in [6.45, 7) is 12.6. The third kappa shape index (κ3) is 21.1. The largest absolute Gasteiger partial charge is 0.481 e. The Balaban J connectivity index is 3.52. The lowest BCUT2D eigenvalue weighted by molar-refractivity contribution is -0.142. The van der Waals surface area contributed by atoms with Gasteiger partial charge in [0.1, 0.15) is 36.5 Å². The van der Waals surface area contributed by atoms with E-state index in [0.29, 0.717) is 18.3 Å². The highest BCUT2D eigenvalue weighted by molar-refractivity contribution is 5.97. The van der Waals surface area contributed by atoms with Gasteiger partial charge in [-0.05, 0) is 48.6 Å². The molecule has 0 spiro atoms. The zero-order chi connectivity index (χ0) is 47.2. The maximum absolute atomic E-state index is 14.3. The number of aliphatic carboxylic acids is 3. The third-order valence-corrected chi connectivity index (χ3v) is 9.81. The first-order valence-electron chi connectivity index (χ1n) is 20.9.